The Bertz CT molecular complexity index is 300. The Balaban J connectivity index is 2.54. The Hall–Kier alpha value is -0.580. The van der Waals surface area contributed by atoms with Gasteiger partial charge in [0, 0.05) is 18.3 Å². The van der Waals surface area contributed by atoms with Crippen LogP contribution in [-0.2, 0) is 11.2 Å². The fourth-order valence-corrected chi connectivity index (χ4v) is 2.10. The summed E-state index contributed by atoms with van der Waals surface area (Å²) in [5, 5.41) is 2.50. The molecule has 5 heteroatoms. The fourth-order valence-electron chi connectivity index (χ4n) is 0.956. The molecule has 0 saturated carbocycles. The number of rotatable bonds is 3. The van der Waals surface area contributed by atoms with Crippen molar-refractivity contribution in [2.75, 3.05) is 7.05 Å². The third-order valence-electron chi connectivity index (χ3n) is 1.63. The summed E-state index contributed by atoms with van der Waals surface area (Å²) in [5.74, 6) is -0.149. The molecule has 1 aromatic rings. The number of nitrogens with one attached hydrogen (secondary N) is 1. The molecule has 0 bridgehead atoms. The van der Waals surface area contributed by atoms with Crippen LogP contribution < -0.4 is 11.1 Å². The number of thiophene rings is 1. The van der Waals surface area contributed by atoms with Crippen LogP contribution in [0.25, 0.3) is 0 Å². The molecule has 3 nitrogen and oxygen atoms in total. The van der Waals surface area contributed by atoms with Gasteiger partial charge in [0.2, 0.25) is 5.91 Å². The van der Waals surface area contributed by atoms with E-state index in [9.17, 15) is 4.79 Å². The molecule has 0 saturated heterocycles. The van der Waals surface area contributed by atoms with E-state index < -0.39 is 6.04 Å². The summed E-state index contributed by atoms with van der Waals surface area (Å²) in [5.41, 5.74) is 5.62. The van der Waals surface area contributed by atoms with Gasteiger partial charge in [0.1, 0.15) is 0 Å². The molecule has 0 aliphatic rings. The lowest BCUT2D eigenvalue weighted by Gasteiger charge is -2.07. The van der Waals surface area contributed by atoms with Gasteiger partial charge in [0.05, 0.1) is 10.4 Å². The monoisotopic (exact) mass is 218 g/mol. The Morgan fingerprint density at radius 2 is 2.46 bits per heavy atom. The van der Waals surface area contributed by atoms with Crippen LogP contribution in [0.1, 0.15) is 4.88 Å². The van der Waals surface area contributed by atoms with E-state index in [1.54, 1.807) is 13.1 Å². The van der Waals surface area contributed by atoms with Gasteiger partial charge >= 0.3 is 0 Å². The highest BCUT2D eigenvalue weighted by molar-refractivity contribution is 7.16. The van der Waals surface area contributed by atoms with Crippen molar-refractivity contribution in [2.45, 2.75) is 12.5 Å². The molecule has 0 aliphatic carbocycles. The molecule has 0 aromatic carbocycles. The Morgan fingerprint density at radius 1 is 1.77 bits per heavy atom. The van der Waals surface area contributed by atoms with E-state index in [1.165, 1.54) is 11.3 Å². The molecule has 1 aromatic heterocycles. The van der Waals surface area contributed by atoms with Crippen LogP contribution >= 0.6 is 22.9 Å². The van der Waals surface area contributed by atoms with E-state index in [0.29, 0.717) is 6.42 Å². The summed E-state index contributed by atoms with van der Waals surface area (Å²) in [6.45, 7) is 0. The van der Waals surface area contributed by atoms with E-state index in [1.807, 2.05) is 6.07 Å². The molecule has 1 atom stereocenters. The second kappa shape index (κ2) is 4.60. The smallest absolute Gasteiger partial charge is 0.237 e. The number of hydrogen-bond donors (Lipinski definition) is 2. The van der Waals surface area contributed by atoms with Gasteiger partial charge in [-0.1, -0.05) is 11.6 Å². The largest absolute Gasteiger partial charge is 0.358 e. The number of nitrogens with two attached hydrogens (primary N) is 1. The first-order valence-electron chi connectivity index (χ1n) is 3.85. The summed E-state index contributed by atoms with van der Waals surface area (Å²) in [6, 6.07) is 3.20. The average Bonchev–Trinajstić information content (AvgIpc) is 2.49. The van der Waals surface area contributed by atoms with Gasteiger partial charge in [0.25, 0.3) is 0 Å². The van der Waals surface area contributed by atoms with Crippen molar-refractivity contribution in [3.8, 4) is 0 Å². The molecular formula is C8H11ClN2OS. The normalized spacial score (nSPS) is 12.5. The van der Waals surface area contributed by atoms with Crippen molar-refractivity contribution >= 4 is 28.8 Å². The predicted octanol–water partition coefficient (Wildman–Crippen LogP) is 1.02. The lowest BCUT2D eigenvalue weighted by Crippen LogP contribution is -2.40. The van der Waals surface area contributed by atoms with E-state index in [-0.39, 0.29) is 5.91 Å². The molecule has 72 valence electrons. The lowest BCUT2D eigenvalue weighted by molar-refractivity contribution is -0.121. The Labute approximate surface area is 85.9 Å². The maximum atomic E-state index is 11.1. The van der Waals surface area contributed by atoms with E-state index in [2.05, 4.69) is 5.32 Å². The van der Waals surface area contributed by atoms with E-state index in [0.717, 1.165) is 9.21 Å². The summed E-state index contributed by atoms with van der Waals surface area (Å²) in [7, 11) is 1.57. The summed E-state index contributed by atoms with van der Waals surface area (Å²) >= 11 is 7.18. The third-order valence-corrected chi connectivity index (χ3v) is 2.89. The highest BCUT2D eigenvalue weighted by Crippen LogP contribution is 2.22. The van der Waals surface area contributed by atoms with Crippen LogP contribution in [0.3, 0.4) is 0 Å². The van der Waals surface area contributed by atoms with Gasteiger partial charge in [-0.25, -0.2) is 0 Å². The minimum atomic E-state index is -0.486. The lowest BCUT2D eigenvalue weighted by atomic mass is 10.2. The summed E-state index contributed by atoms with van der Waals surface area (Å²) < 4.78 is 0.721. The van der Waals surface area contributed by atoms with Crippen molar-refractivity contribution in [1.29, 1.82) is 0 Å². The summed E-state index contributed by atoms with van der Waals surface area (Å²) in [4.78, 5) is 12.1. The molecule has 3 N–H and O–H groups in total. The van der Waals surface area contributed by atoms with Crippen molar-refractivity contribution in [2.24, 2.45) is 5.73 Å². The van der Waals surface area contributed by atoms with Crippen molar-refractivity contribution in [3.05, 3.63) is 21.3 Å². The highest BCUT2D eigenvalue weighted by Gasteiger charge is 2.12. The Kier molecular flexibility index (Phi) is 3.71. The average molecular weight is 219 g/mol. The maximum Gasteiger partial charge on any atom is 0.237 e. The van der Waals surface area contributed by atoms with Gasteiger partial charge in [-0.3, -0.25) is 4.79 Å². The molecule has 13 heavy (non-hydrogen) atoms. The molecule has 0 spiro atoms. The van der Waals surface area contributed by atoms with Crippen LogP contribution in [0.5, 0.6) is 0 Å². The van der Waals surface area contributed by atoms with Gasteiger partial charge < -0.3 is 11.1 Å². The molecule has 0 aliphatic heterocycles. The van der Waals surface area contributed by atoms with Crippen LogP contribution in [-0.4, -0.2) is 19.0 Å². The first kappa shape index (κ1) is 10.5. The quantitative estimate of drug-likeness (QED) is 0.796. The van der Waals surface area contributed by atoms with Gasteiger partial charge in [-0.05, 0) is 12.1 Å². The third kappa shape index (κ3) is 2.99. The zero-order chi connectivity index (χ0) is 9.84. The van der Waals surface area contributed by atoms with Gasteiger partial charge in [-0.2, -0.15) is 0 Å². The molecule has 0 radical (unpaired) electrons. The molecule has 1 rings (SSSR count). The number of amides is 1. The summed E-state index contributed by atoms with van der Waals surface area (Å²) in [6.07, 6.45) is 0.539. The van der Waals surface area contributed by atoms with Crippen molar-refractivity contribution < 1.29 is 4.79 Å². The SMILES string of the molecule is CNC(=O)C(N)Cc1ccc(Cl)s1. The second-order valence-electron chi connectivity index (χ2n) is 2.63. The van der Waals surface area contributed by atoms with Crippen molar-refractivity contribution in [3.63, 3.8) is 0 Å². The zero-order valence-corrected chi connectivity index (χ0v) is 8.78. The molecule has 1 heterocycles. The van der Waals surface area contributed by atoms with E-state index in [4.69, 9.17) is 17.3 Å². The minimum Gasteiger partial charge on any atom is -0.358 e. The van der Waals surface area contributed by atoms with Gasteiger partial charge in [-0.15, -0.1) is 11.3 Å². The number of carbonyl (C=O) groups is 1. The molecule has 1 unspecified atom stereocenters. The first-order valence-corrected chi connectivity index (χ1v) is 5.04. The van der Waals surface area contributed by atoms with Crippen LogP contribution in [0.15, 0.2) is 12.1 Å². The predicted molar refractivity (Wildman–Crippen MR) is 55.1 cm³/mol. The molecular weight excluding hydrogens is 208 g/mol. The zero-order valence-electron chi connectivity index (χ0n) is 7.21. The number of carbonyl (C=O) groups excluding carboxylic acids is 1. The van der Waals surface area contributed by atoms with Crippen molar-refractivity contribution in [1.82, 2.24) is 5.32 Å². The minimum absolute atomic E-state index is 0.149. The molecule has 1 amide bonds. The topological polar surface area (TPSA) is 55.1 Å². The first-order chi connectivity index (χ1) is 6.13. The van der Waals surface area contributed by atoms with Crippen LogP contribution in [0, 0.1) is 0 Å². The van der Waals surface area contributed by atoms with Gasteiger partial charge in [0.15, 0.2) is 0 Å². The molecule has 0 fully saturated rings. The van der Waals surface area contributed by atoms with Crippen LogP contribution in [0.4, 0.5) is 0 Å². The standard InChI is InChI=1S/C8H11ClN2OS/c1-11-8(12)6(10)4-5-2-3-7(9)13-5/h2-3,6H,4,10H2,1H3,(H,11,12). The van der Waals surface area contributed by atoms with E-state index >= 15 is 0 Å². The Morgan fingerprint density at radius 3 is 2.92 bits per heavy atom. The van der Waals surface area contributed by atoms with Crippen LogP contribution in [0.2, 0.25) is 4.34 Å². The number of hydrogen-bond acceptors (Lipinski definition) is 3. The maximum absolute atomic E-state index is 11.1. The highest BCUT2D eigenvalue weighted by atomic mass is 35.5. The second-order valence-corrected chi connectivity index (χ2v) is 4.43. The fraction of sp³-hybridized carbons (Fsp3) is 0.375. The number of halogens is 1. The number of likely N-dealkylation sites (N-methyl/N-ethyl adjacent to an activating group) is 1.